The monoisotopic (exact) mass is 505 g/mol. The molecule has 3 rings (SSSR count). The third kappa shape index (κ3) is 7.52. The first-order valence-electron chi connectivity index (χ1n) is 10.9. The molecular formula is C27H24ClN3O5. The van der Waals surface area contributed by atoms with E-state index >= 15 is 0 Å². The number of nitrogens with one attached hydrogen (secondary N) is 2. The summed E-state index contributed by atoms with van der Waals surface area (Å²) in [5.41, 5.74) is 1.29. The Kier molecular flexibility index (Phi) is 9.32. The Balaban J connectivity index is 1.70. The zero-order chi connectivity index (χ0) is 25.9. The van der Waals surface area contributed by atoms with Gasteiger partial charge in [-0.2, -0.15) is 5.26 Å². The number of amides is 2. The Labute approximate surface area is 214 Å². The number of nitrogens with zero attached hydrogens (tertiary/aromatic N) is 1. The molecule has 0 fully saturated rings. The van der Waals surface area contributed by atoms with Crippen molar-refractivity contribution in [2.24, 2.45) is 0 Å². The molecule has 184 valence electrons. The highest BCUT2D eigenvalue weighted by Crippen LogP contribution is 2.26. The van der Waals surface area contributed by atoms with Gasteiger partial charge < -0.3 is 24.8 Å². The second kappa shape index (κ2) is 12.8. The van der Waals surface area contributed by atoms with Gasteiger partial charge in [0.25, 0.3) is 11.8 Å². The summed E-state index contributed by atoms with van der Waals surface area (Å²) in [5.74, 6) is 0.625. The molecule has 0 spiro atoms. The van der Waals surface area contributed by atoms with Crippen LogP contribution in [0.5, 0.6) is 17.2 Å². The highest BCUT2D eigenvalue weighted by Gasteiger charge is 2.13. The molecule has 0 radical (unpaired) electrons. The van der Waals surface area contributed by atoms with Crippen molar-refractivity contribution in [3.8, 4) is 23.3 Å². The predicted molar refractivity (Wildman–Crippen MR) is 138 cm³/mol. The Hall–Kier alpha value is -4.48. The summed E-state index contributed by atoms with van der Waals surface area (Å²) in [6.45, 7) is 2.11. The first-order chi connectivity index (χ1) is 17.4. The van der Waals surface area contributed by atoms with E-state index < -0.39 is 11.8 Å². The average molecular weight is 506 g/mol. The molecule has 0 saturated carbocycles. The van der Waals surface area contributed by atoms with Crippen LogP contribution in [0.15, 0.2) is 72.3 Å². The molecule has 0 heterocycles. The number of methoxy groups -OCH3 is 1. The van der Waals surface area contributed by atoms with Crippen LogP contribution in [0.25, 0.3) is 6.08 Å². The highest BCUT2D eigenvalue weighted by molar-refractivity contribution is 6.30. The molecule has 0 aliphatic heterocycles. The van der Waals surface area contributed by atoms with Gasteiger partial charge in [-0.05, 0) is 79.7 Å². The smallest absolute Gasteiger partial charge is 0.266 e. The van der Waals surface area contributed by atoms with Gasteiger partial charge in [0.2, 0.25) is 0 Å². The summed E-state index contributed by atoms with van der Waals surface area (Å²) in [5, 5.41) is 15.3. The molecule has 0 atom stereocenters. The minimum Gasteiger partial charge on any atom is -0.497 e. The molecular weight excluding hydrogens is 482 g/mol. The van der Waals surface area contributed by atoms with Crippen LogP contribution in [0.4, 0.5) is 11.4 Å². The highest BCUT2D eigenvalue weighted by atomic mass is 35.5. The Morgan fingerprint density at radius 3 is 2.19 bits per heavy atom. The van der Waals surface area contributed by atoms with Gasteiger partial charge in [0.15, 0.2) is 6.61 Å². The maximum Gasteiger partial charge on any atom is 0.266 e. The lowest BCUT2D eigenvalue weighted by Crippen LogP contribution is -2.20. The summed E-state index contributed by atoms with van der Waals surface area (Å²) >= 11 is 6.12. The number of carbonyl (C=O) groups excluding carboxylic acids is 2. The zero-order valence-electron chi connectivity index (χ0n) is 19.7. The molecule has 2 amide bonds. The number of halogens is 1. The standard InChI is InChI=1S/C27H24ClN3O5/c1-3-35-24-11-7-22(8-12-24)31-27(33)19(16-29)14-18-15-20(28)4-13-25(18)36-17-26(32)30-21-5-9-23(34-2)10-6-21/h4-15H,3,17H2,1-2H3,(H,30,32)(H,31,33)/b19-14+. The van der Waals surface area contributed by atoms with Gasteiger partial charge in [-0.3, -0.25) is 9.59 Å². The molecule has 2 N–H and O–H groups in total. The van der Waals surface area contributed by atoms with Crippen molar-refractivity contribution in [3.05, 3.63) is 82.9 Å². The van der Waals surface area contributed by atoms with Crippen LogP contribution >= 0.6 is 11.6 Å². The second-order valence-corrected chi connectivity index (χ2v) is 7.77. The SMILES string of the molecule is CCOc1ccc(NC(=O)/C(C#N)=C/c2cc(Cl)ccc2OCC(=O)Nc2ccc(OC)cc2)cc1. The summed E-state index contributed by atoms with van der Waals surface area (Å²) in [4.78, 5) is 25.0. The fourth-order valence-electron chi connectivity index (χ4n) is 3.08. The Bertz CT molecular complexity index is 1280. The van der Waals surface area contributed by atoms with Gasteiger partial charge in [0, 0.05) is 22.0 Å². The number of anilines is 2. The number of rotatable bonds is 10. The van der Waals surface area contributed by atoms with Gasteiger partial charge in [0.1, 0.15) is 28.9 Å². The van der Waals surface area contributed by atoms with Crippen molar-refractivity contribution in [2.45, 2.75) is 6.92 Å². The summed E-state index contributed by atoms with van der Waals surface area (Å²) in [7, 11) is 1.56. The van der Waals surface area contributed by atoms with Crippen LogP contribution in [0.3, 0.4) is 0 Å². The van der Waals surface area contributed by atoms with Crippen LogP contribution in [0, 0.1) is 11.3 Å². The molecule has 36 heavy (non-hydrogen) atoms. The van der Waals surface area contributed by atoms with Crippen LogP contribution in [0.1, 0.15) is 12.5 Å². The number of hydrogen-bond acceptors (Lipinski definition) is 6. The first kappa shape index (κ1) is 26.1. The van der Waals surface area contributed by atoms with Gasteiger partial charge in [-0.25, -0.2) is 0 Å². The molecule has 3 aromatic carbocycles. The fraction of sp³-hybridized carbons (Fsp3) is 0.148. The maximum atomic E-state index is 12.7. The molecule has 0 unspecified atom stereocenters. The van der Waals surface area contributed by atoms with E-state index in [1.54, 1.807) is 73.8 Å². The third-order valence-electron chi connectivity index (χ3n) is 4.79. The molecule has 0 saturated heterocycles. The fourth-order valence-corrected chi connectivity index (χ4v) is 3.26. The summed E-state index contributed by atoms with van der Waals surface area (Å²) < 4.78 is 16.1. The summed E-state index contributed by atoms with van der Waals surface area (Å²) in [6.07, 6.45) is 1.35. The average Bonchev–Trinajstić information content (AvgIpc) is 2.88. The lowest BCUT2D eigenvalue weighted by molar-refractivity contribution is -0.118. The molecule has 0 bridgehead atoms. The van der Waals surface area contributed by atoms with E-state index in [4.69, 9.17) is 25.8 Å². The lowest BCUT2D eigenvalue weighted by atomic mass is 10.1. The minimum atomic E-state index is -0.607. The third-order valence-corrected chi connectivity index (χ3v) is 5.03. The number of ether oxygens (including phenoxy) is 3. The largest absolute Gasteiger partial charge is 0.497 e. The van der Waals surface area contributed by atoms with Crippen molar-refractivity contribution >= 4 is 40.9 Å². The van der Waals surface area contributed by atoms with Gasteiger partial charge in [-0.15, -0.1) is 0 Å². The lowest BCUT2D eigenvalue weighted by Gasteiger charge is -2.11. The first-order valence-corrected chi connectivity index (χ1v) is 11.3. The van der Waals surface area contributed by atoms with Crippen molar-refractivity contribution in [2.75, 3.05) is 31.0 Å². The number of nitriles is 1. The van der Waals surface area contributed by atoms with Crippen LogP contribution in [0.2, 0.25) is 5.02 Å². The molecule has 9 heteroatoms. The zero-order valence-corrected chi connectivity index (χ0v) is 20.5. The second-order valence-electron chi connectivity index (χ2n) is 7.33. The van der Waals surface area contributed by atoms with E-state index in [9.17, 15) is 14.9 Å². The van der Waals surface area contributed by atoms with E-state index in [0.717, 1.165) is 0 Å². The molecule has 0 aliphatic rings. The van der Waals surface area contributed by atoms with Crippen molar-refractivity contribution in [1.29, 1.82) is 5.26 Å². The predicted octanol–water partition coefficient (Wildman–Crippen LogP) is 5.31. The van der Waals surface area contributed by atoms with Crippen molar-refractivity contribution in [3.63, 3.8) is 0 Å². The van der Waals surface area contributed by atoms with Crippen molar-refractivity contribution < 1.29 is 23.8 Å². The van der Waals surface area contributed by atoms with E-state index in [1.165, 1.54) is 6.08 Å². The molecule has 0 aliphatic carbocycles. The van der Waals surface area contributed by atoms with Crippen LogP contribution in [-0.4, -0.2) is 32.1 Å². The van der Waals surface area contributed by atoms with Gasteiger partial charge in [-0.1, -0.05) is 11.6 Å². The maximum absolute atomic E-state index is 12.7. The van der Waals surface area contributed by atoms with Crippen LogP contribution < -0.4 is 24.8 Å². The topological polar surface area (TPSA) is 110 Å². The molecule has 0 aromatic heterocycles. The van der Waals surface area contributed by atoms with Crippen LogP contribution in [-0.2, 0) is 9.59 Å². The number of carbonyl (C=O) groups is 2. The Morgan fingerprint density at radius 2 is 1.58 bits per heavy atom. The number of benzene rings is 3. The molecule has 8 nitrogen and oxygen atoms in total. The molecule has 3 aromatic rings. The summed E-state index contributed by atoms with van der Waals surface area (Å²) in [6, 6.07) is 20.2. The van der Waals surface area contributed by atoms with E-state index in [1.807, 2.05) is 13.0 Å². The quantitative estimate of drug-likeness (QED) is 0.285. The minimum absolute atomic E-state index is 0.168. The van der Waals surface area contributed by atoms with Crippen molar-refractivity contribution in [1.82, 2.24) is 0 Å². The van der Waals surface area contributed by atoms with Gasteiger partial charge >= 0.3 is 0 Å². The van der Waals surface area contributed by atoms with E-state index in [0.29, 0.717) is 40.1 Å². The van der Waals surface area contributed by atoms with Gasteiger partial charge in [0.05, 0.1) is 13.7 Å². The normalized spacial score (nSPS) is 10.7. The Morgan fingerprint density at radius 1 is 0.944 bits per heavy atom. The van der Waals surface area contributed by atoms with E-state index in [-0.39, 0.29) is 17.9 Å². The van der Waals surface area contributed by atoms with E-state index in [2.05, 4.69) is 10.6 Å². The number of hydrogen-bond donors (Lipinski definition) is 2.